The molecule has 0 aromatic rings. The topological polar surface area (TPSA) is 90.5 Å². The molecule has 0 aromatic heterocycles. The normalized spacial score (nSPS) is 28.7. The van der Waals surface area contributed by atoms with E-state index in [1.165, 1.54) is 8.61 Å². The number of morpholine rings is 1. The minimum atomic E-state index is -3.54. The van der Waals surface area contributed by atoms with Crippen LogP contribution >= 0.6 is 0 Å². The van der Waals surface area contributed by atoms with Crippen molar-refractivity contribution in [1.29, 1.82) is 0 Å². The number of hydrogen-bond acceptors (Lipinski definition) is 5. The van der Waals surface area contributed by atoms with E-state index in [2.05, 4.69) is 0 Å². The summed E-state index contributed by atoms with van der Waals surface area (Å²) in [4.78, 5) is 27.5. The first-order valence-electron chi connectivity index (χ1n) is 9.73. The fourth-order valence-corrected chi connectivity index (χ4v) is 5.73. The van der Waals surface area contributed by atoms with Gasteiger partial charge in [-0.2, -0.15) is 17.0 Å². The average Bonchev–Trinajstić information content (AvgIpc) is 3.04. The lowest BCUT2D eigenvalue weighted by Crippen LogP contribution is -2.57. The van der Waals surface area contributed by atoms with Crippen LogP contribution < -0.4 is 0 Å². The average molecular weight is 403 g/mol. The molecule has 0 aromatic carbocycles. The number of likely N-dealkylation sites (tertiary alicyclic amines) is 1. The van der Waals surface area contributed by atoms with Gasteiger partial charge in [0.1, 0.15) is 0 Å². The summed E-state index contributed by atoms with van der Waals surface area (Å²) in [5, 5.41) is 0. The lowest BCUT2D eigenvalue weighted by atomic mass is 10.3. The van der Waals surface area contributed by atoms with Crippen LogP contribution in [0.5, 0.6) is 0 Å². The summed E-state index contributed by atoms with van der Waals surface area (Å²) in [6.45, 7) is 7.04. The van der Waals surface area contributed by atoms with Crippen molar-refractivity contribution in [1.82, 2.24) is 18.4 Å². The zero-order valence-corrected chi connectivity index (χ0v) is 17.0. The number of hydrogen-bond donors (Lipinski definition) is 0. The fourth-order valence-electron chi connectivity index (χ4n) is 3.98. The molecule has 27 heavy (non-hydrogen) atoms. The Morgan fingerprint density at radius 1 is 1.04 bits per heavy atom. The van der Waals surface area contributed by atoms with E-state index < -0.39 is 10.2 Å². The fraction of sp³-hybridized carbons (Fsp3) is 0.882. The molecule has 3 rings (SSSR count). The molecule has 3 aliphatic rings. The Morgan fingerprint density at radius 3 is 2.22 bits per heavy atom. The molecule has 9 nitrogen and oxygen atoms in total. The predicted octanol–water partition coefficient (Wildman–Crippen LogP) is -0.503. The van der Waals surface area contributed by atoms with Crippen LogP contribution in [0.15, 0.2) is 0 Å². The van der Waals surface area contributed by atoms with Gasteiger partial charge in [-0.15, -0.1) is 0 Å². The van der Waals surface area contributed by atoms with Gasteiger partial charge in [-0.05, 0) is 20.3 Å². The van der Waals surface area contributed by atoms with Gasteiger partial charge in [-0.1, -0.05) is 0 Å². The molecule has 2 amide bonds. The second-order valence-corrected chi connectivity index (χ2v) is 9.52. The summed E-state index contributed by atoms with van der Waals surface area (Å²) < 4.78 is 34.4. The Bertz CT molecular complexity index is 652. The number of amides is 2. The van der Waals surface area contributed by atoms with Crippen molar-refractivity contribution in [2.24, 2.45) is 0 Å². The Morgan fingerprint density at radius 2 is 1.67 bits per heavy atom. The van der Waals surface area contributed by atoms with Crippen LogP contribution in [0.25, 0.3) is 0 Å². The van der Waals surface area contributed by atoms with Crippen molar-refractivity contribution in [2.45, 2.75) is 45.3 Å². The number of carbonyl (C=O) groups is 2. The van der Waals surface area contributed by atoms with Gasteiger partial charge in [0.05, 0.1) is 12.2 Å². The number of nitrogens with zero attached hydrogens (tertiary/aromatic N) is 4. The highest BCUT2D eigenvalue weighted by atomic mass is 32.2. The van der Waals surface area contributed by atoms with Crippen molar-refractivity contribution >= 4 is 22.0 Å². The number of carbonyl (C=O) groups excluding carboxylic acids is 2. The summed E-state index contributed by atoms with van der Waals surface area (Å²) in [5.74, 6) is 0.105. The van der Waals surface area contributed by atoms with Crippen LogP contribution in [0, 0.1) is 0 Å². The van der Waals surface area contributed by atoms with Crippen molar-refractivity contribution in [3.05, 3.63) is 0 Å². The van der Waals surface area contributed by atoms with E-state index in [9.17, 15) is 18.0 Å². The van der Waals surface area contributed by atoms with Gasteiger partial charge < -0.3 is 14.5 Å². The van der Waals surface area contributed by atoms with E-state index in [-0.39, 0.29) is 24.0 Å². The maximum atomic E-state index is 12.9. The predicted molar refractivity (Wildman–Crippen MR) is 99.1 cm³/mol. The van der Waals surface area contributed by atoms with Gasteiger partial charge in [0.25, 0.3) is 10.2 Å². The second-order valence-electron chi connectivity index (χ2n) is 7.60. The standard InChI is InChI=1S/C17H30N4O5S/c1-14-12-21(13-15(2)26-14)27(24,25)20-10-8-19(9-11-20)17(23)5-7-18-6-3-4-16(18)22/h14-15H,3-13H2,1-2H3. The van der Waals surface area contributed by atoms with Gasteiger partial charge >= 0.3 is 0 Å². The van der Waals surface area contributed by atoms with E-state index in [1.54, 1.807) is 9.80 Å². The summed E-state index contributed by atoms with van der Waals surface area (Å²) in [6.07, 6.45) is 1.49. The van der Waals surface area contributed by atoms with Crippen molar-refractivity contribution in [3.8, 4) is 0 Å². The van der Waals surface area contributed by atoms with Gasteiger partial charge in [-0.3, -0.25) is 9.59 Å². The van der Waals surface area contributed by atoms with E-state index >= 15 is 0 Å². The first-order valence-corrected chi connectivity index (χ1v) is 11.1. The first-order chi connectivity index (χ1) is 12.8. The van der Waals surface area contributed by atoms with E-state index in [1.807, 2.05) is 13.8 Å². The molecule has 10 heteroatoms. The SMILES string of the molecule is CC1CN(S(=O)(=O)N2CCN(C(=O)CCN3CCCC3=O)CC2)CC(C)O1. The molecule has 2 unspecified atom stereocenters. The highest BCUT2D eigenvalue weighted by Gasteiger charge is 2.37. The van der Waals surface area contributed by atoms with Crippen LogP contribution in [0.4, 0.5) is 0 Å². The minimum absolute atomic E-state index is 0.0136. The molecule has 0 radical (unpaired) electrons. The van der Waals surface area contributed by atoms with Crippen LogP contribution in [0.2, 0.25) is 0 Å². The lowest BCUT2D eigenvalue weighted by Gasteiger charge is -2.40. The molecule has 0 aliphatic carbocycles. The zero-order valence-electron chi connectivity index (χ0n) is 16.2. The van der Waals surface area contributed by atoms with E-state index in [4.69, 9.17) is 4.74 Å². The molecule has 0 bridgehead atoms. The quantitative estimate of drug-likeness (QED) is 0.618. The van der Waals surface area contributed by atoms with Crippen LogP contribution in [-0.2, 0) is 24.5 Å². The molecule has 3 saturated heterocycles. The van der Waals surface area contributed by atoms with Gasteiger partial charge in [0, 0.05) is 65.2 Å². The zero-order chi connectivity index (χ0) is 19.6. The number of piperazine rings is 1. The Labute approximate surface area is 161 Å². The number of ether oxygens (including phenoxy) is 1. The molecule has 3 heterocycles. The molecular weight excluding hydrogens is 372 g/mol. The third kappa shape index (κ3) is 4.79. The minimum Gasteiger partial charge on any atom is -0.373 e. The summed E-state index contributed by atoms with van der Waals surface area (Å²) in [5.41, 5.74) is 0. The highest BCUT2D eigenvalue weighted by Crippen LogP contribution is 2.19. The van der Waals surface area contributed by atoms with Crippen LogP contribution in [0.1, 0.15) is 33.1 Å². The monoisotopic (exact) mass is 402 g/mol. The Kier molecular flexibility index (Phi) is 6.39. The molecule has 0 spiro atoms. The van der Waals surface area contributed by atoms with Crippen LogP contribution in [0.3, 0.4) is 0 Å². The Hall–Kier alpha value is -1.23. The third-order valence-electron chi connectivity index (χ3n) is 5.40. The highest BCUT2D eigenvalue weighted by molar-refractivity contribution is 7.86. The summed E-state index contributed by atoms with van der Waals surface area (Å²) in [6, 6.07) is 0. The van der Waals surface area contributed by atoms with E-state index in [0.29, 0.717) is 58.7 Å². The molecule has 154 valence electrons. The molecular formula is C17H30N4O5S. The number of rotatable bonds is 5. The van der Waals surface area contributed by atoms with Crippen LogP contribution in [-0.4, -0.2) is 103 Å². The van der Waals surface area contributed by atoms with Gasteiger partial charge in [0.2, 0.25) is 11.8 Å². The third-order valence-corrected chi connectivity index (χ3v) is 7.37. The largest absolute Gasteiger partial charge is 0.373 e. The molecule has 2 atom stereocenters. The van der Waals surface area contributed by atoms with Crippen molar-refractivity contribution < 1.29 is 22.7 Å². The van der Waals surface area contributed by atoms with Crippen molar-refractivity contribution in [2.75, 3.05) is 52.4 Å². The summed E-state index contributed by atoms with van der Waals surface area (Å²) >= 11 is 0. The molecule has 0 saturated carbocycles. The van der Waals surface area contributed by atoms with Gasteiger partial charge in [-0.25, -0.2) is 0 Å². The first kappa shape index (κ1) is 20.5. The smallest absolute Gasteiger partial charge is 0.282 e. The molecule has 3 fully saturated rings. The van der Waals surface area contributed by atoms with E-state index in [0.717, 1.165) is 13.0 Å². The molecule has 3 aliphatic heterocycles. The maximum Gasteiger partial charge on any atom is 0.282 e. The van der Waals surface area contributed by atoms with Crippen molar-refractivity contribution in [3.63, 3.8) is 0 Å². The lowest BCUT2D eigenvalue weighted by molar-refractivity contribution is -0.133. The maximum absolute atomic E-state index is 12.9. The summed E-state index contributed by atoms with van der Waals surface area (Å²) in [7, 11) is -3.54. The molecule has 0 N–H and O–H groups in total. The Balaban J connectivity index is 1.49. The second kappa shape index (κ2) is 8.42. The van der Waals surface area contributed by atoms with Gasteiger partial charge in [0.15, 0.2) is 0 Å².